The van der Waals surface area contributed by atoms with Crippen LogP contribution in [0.25, 0.3) is 0 Å². The molecule has 1 N–H and O–H groups in total. The first-order valence-electron chi connectivity index (χ1n) is 6.99. The summed E-state index contributed by atoms with van der Waals surface area (Å²) in [4.78, 5) is 0. The van der Waals surface area contributed by atoms with Gasteiger partial charge in [-0.1, -0.05) is 32.6 Å². The van der Waals surface area contributed by atoms with Crippen LogP contribution in [-0.2, 0) is 0 Å². The summed E-state index contributed by atoms with van der Waals surface area (Å²) in [7, 11) is 2.08. The third-order valence-corrected chi connectivity index (χ3v) is 4.47. The molecule has 17 heavy (non-hydrogen) atoms. The van der Waals surface area contributed by atoms with Gasteiger partial charge in [-0.05, 0) is 38.3 Å². The number of hydrogen-bond donors (Lipinski definition) is 1. The van der Waals surface area contributed by atoms with Gasteiger partial charge in [0.15, 0.2) is 0 Å². The Bertz CT molecular complexity index is 344. The second-order valence-corrected chi connectivity index (χ2v) is 5.32. The van der Waals surface area contributed by atoms with Crippen molar-refractivity contribution in [2.45, 2.75) is 52.0 Å². The summed E-state index contributed by atoms with van der Waals surface area (Å²) < 4.78 is 5.47. The maximum atomic E-state index is 5.47. The highest BCUT2D eigenvalue weighted by Crippen LogP contribution is 2.40. The standard InChI is InChI=1S/C15H25NO/c1-4-12-7-5-6-8-14(12)15(16-3)13-9-10-17-11(13)2/h9-10,12,14-16H,4-8H2,1-3H3. The van der Waals surface area contributed by atoms with Gasteiger partial charge < -0.3 is 9.73 Å². The van der Waals surface area contributed by atoms with Crippen LogP contribution in [-0.4, -0.2) is 7.05 Å². The molecule has 1 saturated carbocycles. The van der Waals surface area contributed by atoms with Crippen molar-refractivity contribution in [1.82, 2.24) is 5.32 Å². The summed E-state index contributed by atoms with van der Waals surface area (Å²) >= 11 is 0. The van der Waals surface area contributed by atoms with Crippen molar-refractivity contribution < 1.29 is 4.42 Å². The molecule has 96 valence electrons. The molecule has 0 amide bonds. The van der Waals surface area contributed by atoms with Crippen molar-refractivity contribution in [3.05, 3.63) is 23.7 Å². The summed E-state index contributed by atoms with van der Waals surface area (Å²) in [6, 6.07) is 2.61. The summed E-state index contributed by atoms with van der Waals surface area (Å²) in [5, 5.41) is 3.52. The highest BCUT2D eigenvalue weighted by Gasteiger charge is 2.32. The Morgan fingerprint density at radius 1 is 1.41 bits per heavy atom. The van der Waals surface area contributed by atoms with E-state index < -0.39 is 0 Å². The molecule has 1 aliphatic carbocycles. The van der Waals surface area contributed by atoms with Crippen molar-refractivity contribution in [3.63, 3.8) is 0 Å². The minimum absolute atomic E-state index is 0.471. The minimum atomic E-state index is 0.471. The fourth-order valence-corrected chi connectivity index (χ4v) is 3.50. The number of nitrogens with one attached hydrogen (secondary N) is 1. The minimum Gasteiger partial charge on any atom is -0.469 e. The van der Waals surface area contributed by atoms with Crippen LogP contribution in [0.15, 0.2) is 16.7 Å². The van der Waals surface area contributed by atoms with E-state index in [0.717, 1.165) is 17.6 Å². The van der Waals surface area contributed by atoms with E-state index in [1.807, 2.05) is 6.26 Å². The molecule has 3 unspecified atom stereocenters. The average molecular weight is 235 g/mol. The SMILES string of the molecule is CCC1CCCCC1C(NC)c1ccoc1C. The van der Waals surface area contributed by atoms with E-state index in [0.29, 0.717) is 6.04 Å². The van der Waals surface area contributed by atoms with Crippen LogP contribution in [0.2, 0.25) is 0 Å². The van der Waals surface area contributed by atoms with Crippen LogP contribution in [0, 0.1) is 18.8 Å². The van der Waals surface area contributed by atoms with E-state index in [1.54, 1.807) is 0 Å². The van der Waals surface area contributed by atoms with Crippen molar-refractivity contribution in [3.8, 4) is 0 Å². The Kier molecular flexibility index (Phi) is 4.27. The molecule has 0 saturated heterocycles. The van der Waals surface area contributed by atoms with E-state index in [4.69, 9.17) is 4.42 Å². The molecular weight excluding hydrogens is 210 g/mol. The molecule has 2 nitrogen and oxygen atoms in total. The van der Waals surface area contributed by atoms with Crippen LogP contribution in [0.3, 0.4) is 0 Å². The van der Waals surface area contributed by atoms with Gasteiger partial charge >= 0.3 is 0 Å². The molecule has 0 spiro atoms. The van der Waals surface area contributed by atoms with Gasteiger partial charge in [0.2, 0.25) is 0 Å². The lowest BCUT2D eigenvalue weighted by molar-refractivity contribution is 0.179. The molecule has 0 radical (unpaired) electrons. The third-order valence-electron chi connectivity index (χ3n) is 4.47. The third kappa shape index (κ3) is 2.57. The van der Waals surface area contributed by atoms with Gasteiger partial charge in [-0.2, -0.15) is 0 Å². The lowest BCUT2D eigenvalue weighted by Gasteiger charge is -2.36. The van der Waals surface area contributed by atoms with Gasteiger partial charge in [0.05, 0.1) is 6.26 Å². The fraction of sp³-hybridized carbons (Fsp3) is 0.733. The summed E-state index contributed by atoms with van der Waals surface area (Å²) in [6.07, 6.45) is 8.68. The van der Waals surface area contributed by atoms with Crippen LogP contribution < -0.4 is 5.32 Å². The molecule has 1 aliphatic rings. The zero-order valence-electron chi connectivity index (χ0n) is 11.3. The largest absolute Gasteiger partial charge is 0.469 e. The maximum absolute atomic E-state index is 5.47. The Balaban J connectivity index is 2.19. The second kappa shape index (κ2) is 5.72. The van der Waals surface area contributed by atoms with Crippen LogP contribution in [0.1, 0.15) is 56.4 Å². The monoisotopic (exact) mass is 235 g/mol. The first-order chi connectivity index (χ1) is 8.27. The zero-order chi connectivity index (χ0) is 12.3. The van der Waals surface area contributed by atoms with Crippen molar-refractivity contribution in [2.24, 2.45) is 11.8 Å². The lowest BCUT2D eigenvalue weighted by Crippen LogP contribution is -2.32. The quantitative estimate of drug-likeness (QED) is 0.851. The Labute approximate surface area is 105 Å². The van der Waals surface area contributed by atoms with Crippen LogP contribution in [0.5, 0.6) is 0 Å². The van der Waals surface area contributed by atoms with Gasteiger partial charge in [-0.15, -0.1) is 0 Å². The Morgan fingerprint density at radius 2 is 2.18 bits per heavy atom. The number of aryl methyl sites for hydroxylation is 1. The number of rotatable bonds is 4. The first kappa shape index (κ1) is 12.7. The Morgan fingerprint density at radius 3 is 2.76 bits per heavy atom. The second-order valence-electron chi connectivity index (χ2n) is 5.32. The molecule has 0 aromatic carbocycles. The lowest BCUT2D eigenvalue weighted by atomic mass is 9.72. The molecule has 1 aromatic rings. The summed E-state index contributed by atoms with van der Waals surface area (Å²) in [5.41, 5.74) is 1.36. The molecule has 2 rings (SSSR count). The smallest absolute Gasteiger partial charge is 0.105 e. The molecular formula is C15H25NO. The molecule has 1 heterocycles. The molecule has 0 aliphatic heterocycles. The van der Waals surface area contributed by atoms with Gasteiger partial charge in [0.1, 0.15) is 5.76 Å². The average Bonchev–Trinajstić information content (AvgIpc) is 2.78. The van der Waals surface area contributed by atoms with E-state index >= 15 is 0 Å². The van der Waals surface area contributed by atoms with Gasteiger partial charge in [-0.25, -0.2) is 0 Å². The van der Waals surface area contributed by atoms with Crippen LogP contribution in [0.4, 0.5) is 0 Å². The van der Waals surface area contributed by atoms with Crippen LogP contribution >= 0.6 is 0 Å². The number of furan rings is 1. The van der Waals surface area contributed by atoms with Crippen molar-refractivity contribution in [2.75, 3.05) is 7.05 Å². The summed E-state index contributed by atoms with van der Waals surface area (Å²) in [5.74, 6) is 2.72. The van der Waals surface area contributed by atoms with Gasteiger partial charge in [0, 0.05) is 11.6 Å². The predicted octanol–water partition coefficient (Wildman–Crippen LogP) is 4.06. The maximum Gasteiger partial charge on any atom is 0.105 e. The normalized spacial score (nSPS) is 27.0. The highest BCUT2D eigenvalue weighted by atomic mass is 16.3. The van der Waals surface area contributed by atoms with Gasteiger partial charge in [-0.3, -0.25) is 0 Å². The molecule has 3 atom stereocenters. The molecule has 2 heteroatoms. The molecule has 0 bridgehead atoms. The first-order valence-corrected chi connectivity index (χ1v) is 6.99. The van der Waals surface area contributed by atoms with Crippen molar-refractivity contribution in [1.29, 1.82) is 0 Å². The fourth-order valence-electron chi connectivity index (χ4n) is 3.50. The van der Waals surface area contributed by atoms with E-state index in [2.05, 4.69) is 32.3 Å². The van der Waals surface area contributed by atoms with E-state index in [9.17, 15) is 0 Å². The van der Waals surface area contributed by atoms with Gasteiger partial charge in [0.25, 0.3) is 0 Å². The van der Waals surface area contributed by atoms with E-state index in [1.165, 1.54) is 37.7 Å². The molecule has 1 aromatic heterocycles. The summed E-state index contributed by atoms with van der Waals surface area (Å²) in [6.45, 7) is 4.40. The van der Waals surface area contributed by atoms with E-state index in [-0.39, 0.29) is 0 Å². The number of hydrogen-bond acceptors (Lipinski definition) is 2. The molecule has 1 fully saturated rings. The zero-order valence-corrected chi connectivity index (χ0v) is 11.3. The topological polar surface area (TPSA) is 25.2 Å². The predicted molar refractivity (Wildman–Crippen MR) is 71.0 cm³/mol. The Hall–Kier alpha value is -0.760. The highest BCUT2D eigenvalue weighted by molar-refractivity contribution is 5.21. The van der Waals surface area contributed by atoms with Crippen molar-refractivity contribution >= 4 is 0 Å².